The molecule has 0 radical (unpaired) electrons. The van der Waals surface area contributed by atoms with Gasteiger partial charge in [-0.05, 0) is 49.3 Å². The third kappa shape index (κ3) is 3.42. The first-order valence-electron chi connectivity index (χ1n) is 7.93. The zero-order valence-corrected chi connectivity index (χ0v) is 14.3. The highest BCUT2D eigenvalue weighted by Gasteiger charge is 2.44. The first-order chi connectivity index (χ1) is 10.2. The standard InChI is InChI=1S/C17H23ClN2O.ClH/c18-14-7-5-13(6-8-14)17(9-1-2-10-17)16(21)20-15(11-19)12-3-4-12;/h5-8,12,15H,1-4,9-11,19H2,(H,20,21);1H. The van der Waals surface area contributed by atoms with E-state index in [2.05, 4.69) is 5.32 Å². The van der Waals surface area contributed by atoms with Crippen LogP contribution in [0.15, 0.2) is 24.3 Å². The van der Waals surface area contributed by atoms with Gasteiger partial charge in [0.25, 0.3) is 0 Å². The van der Waals surface area contributed by atoms with E-state index in [1.54, 1.807) is 0 Å². The van der Waals surface area contributed by atoms with Crippen LogP contribution in [0, 0.1) is 5.92 Å². The highest BCUT2D eigenvalue weighted by Crippen LogP contribution is 2.42. The normalized spacial score (nSPS) is 21.0. The summed E-state index contributed by atoms with van der Waals surface area (Å²) in [6, 6.07) is 7.91. The van der Waals surface area contributed by atoms with E-state index in [1.807, 2.05) is 24.3 Å². The molecule has 5 heteroatoms. The quantitative estimate of drug-likeness (QED) is 0.861. The summed E-state index contributed by atoms with van der Waals surface area (Å²) in [5.41, 5.74) is 6.54. The number of carbonyl (C=O) groups excluding carboxylic acids is 1. The molecule has 1 aromatic carbocycles. The fourth-order valence-electron chi connectivity index (χ4n) is 3.57. The van der Waals surface area contributed by atoms with Crippen molar-refractivity contribution in [3.8, 4) is 0 Å². The number of amides is 1. The van der Waals surface area contributed by atoms with Gasteiger partial charge < -0.3 is 11.1 Å². The molecule has 2 fully saturated rings. The van der Waals surface area contributed by atoms with Gasteiger partial charge in [0.1, 0.15) is 0 Å². The number of carbonyl (C=O) groups is 1. The van der Waals surface area contributed by atoms with Crippen LogP contribution in [0.25, 0.3) is 0 Å². The van der Waals surface area contributed by atoms with Crippen LogP contribution in [0.4, 0.5) is 0 Å². The lowest BCUT2D eigenvalue weighted by molar-refractivity contribution is -0.127. The molecule has 3 nitrogen and oxygen atoms in total. The van der Waals surface area contributed by atoms with Gasteiger partial charge >= 0.3 is 0 Å². The maximum absolute atomic E-state index is 13.0. The summed E-state index contributed by atoms with van der Waals surface area (Å²) in [6.45, 7) is 0.535. The Balaban J connectivity index is 0.00000176. The van der Waals surface area contributed by atoms with Gasteiger partial charge in [0.05, 0.1) is 5.41 Å². The Morgan fingerprint density at radius 3 is 2.36 bits per heavy atom. The largest absolute Gasteiger partial charge is 0.351 e. The van der Waals surface area contributed by atoms with E-state index in [9.17, 15) is 4.79 Å². The zero-order chi connectivity index (χ0) is 14.9. The van der Waals surface area contributed by atoms with Crippen molar-refractivity contribution >= 4 is 29.9 Å². The summed E-state index contributed by atoms with van der Waals surface area (Å²) in [7, 11) is 0. The van der Waals surface area contributed by atoms with E-state index in [4.69, 9.17) is 17.3 Å². The van der Waals surface area contributed by atoms with E-state index in [1.165, 1.54) is 12.8 Å². The summed E-state index contributed by atoms with van der Waals surface area (Å²) in [5, 5.41) is 3.94. The SMILES string of the molecule is Cl.NCC(NC(=O)C1(c2ccc(Cl)cc2)CCCC1)C1CC1. The van der Waals surface area contributed by atoms with Crippen LogP contribution in [0.3, 0.4) is 0 Å². The molecule has 2 aliphatic rings. The molecule has 1 aromatic rings. The molecule has 1 amide bonds. The van der Waals surface area contributed by atoms with Crippen molar-refractivity contribution < 1.29 is 4.79 Å². The number of hydrogen-bond acceptors (Lipinski definition) is 2. The van der Waals surface area contributed by atoms with E-state index in [0.717, 1.165) is 31.2 Å². The van der Waals surface area contributed by atoms with E-state index in [0.29, 0.717) is 17.5 Å². The summed E-state index contributed by atoms with van der Waals surface area (Å²) in [5.74, 6) is 0.743. The Labute approximate surface area is 143 Å². The van der Waals surface area contributed by atoms with Crippen LogP contribution in [0.1, 0.15) is 44.1 Å². The third-order valence-electron chi connectivity index (χ3n) is 5.05. The highest BCUT2D eigenvalue weighted by atomic mass is 35.5. The van der Waals surface area contributed by atoms with Crippen molar-refractivity contribution in [1.82, 2.24) is 5.32 Å². The molecule has 1 unspecified atom stereocenters. The van der Waals surface area contributed by atoms with Gasteiger partial charge in [-0.15, -0.1) is 12.4 Å². The topological polar surface area (TPSA) is 55.1 Å². The van der Waals surface area contributed by atoms with Crippen LogP contribution in [-0.2, 0) is 10.2 Å². The molecule has 122 valence electrons. The monoisotopic (exact) mass is 342 g/mol. The molecule has 2 saturated carbocycles. The predicted molar refractivity (Wildman–Crippen MR) is 92.6 cm³/mol. The summed E-state index contributed by atoms with van der Waals surface area (Å²) >= 11 is 5.98. The minimum atomic E-state index is -0.382. The Kier molecular flexibility index (Phi) is 5.76. The lowest BCUT2D eigenvalue weighted by Gasteiger charge is -2.31. The number of rotatable bonds is 5. The molecule has 3 rings (SSSR count). The summed E-state index contributed by atoms with van der Waals surface area (Å²) in [4.78, 5) is 13.0. The number of nitrogens with two attached hydrogens (primary N) is 1. The predicted octanol–water partition coefficient (Wildman–Crippen LogP) is 3.43. The van der Waals surface area contributed by atoms with Crippen molar-refractivity contribution in [3.63, 3.8) is 0 Å². The Bertz CT molecular complexity index is 508. The van der Waals surface area contributed by atoms with Gasteiger partial charge in [0.2, 0.25) is 5.91 Å². The lowest BCUT2D eigenvalue weighted by Crippen LogP contribution is -2.50. The first kappa shape index (κ1) is 17.6. The lowest BCUT2D eigenvalue weighted by atomic mass is 9.77. The molecular weight excluding hydrogens is 319 g/mol. The van der Waals surface area contributed by atoms with Gasteiger partial charge in [0.15, 0.2) is 0 Å². The summed E-state index contributed by atoms with van der Waals surface area (Å²) < 4.78 is 0. The minimum absolute atomic E-state index is 0. The van der Waals surface area contributed by atoms with Crippen molar-refractivity contribution in [3.05, 3.63) is 34.9 Å². The average Bonchev–Trinajstić information content (AvgIpc) is 3.21. The molecule has 0 saturated heterocycles. The molecule has 0 aliphatic heterocycles. The van der Waals surface area contributed by atoms with Crippen molar-refractivity contribution in [2.24, 2.45) is 11.7 Å². The van der Waals surface area contributed by atoms with Gasteiger partial charge in [-0.2, -0.15) is 0 Å². The molecule has 0 heterocycles. The minimum Gasteiger partial charge on any atom is -0.351 e. The second-order valence-electron chi connectivity index (χ2n) is 6.45. The van der Waals surface area contributed by atoms with Crippen molar-refractivity contribution in [1.29, 1.82) is 0 Å². The Morgan fingerprint density at radius 1 is 1.27 bits per heavy atom. The molecule has 0 bridgehead atoms. The molecule has 1 atom stereocenters. The van der Waals surface area contributed by atoms with Gasteiger partial charge in [-0.3, -0.25) is 4.79 Å². The highest BCUT2D eigenvalue weighted by molar-refractivity contribution is 6.30. The van der Waals surface area contributed by atoms with Crippen molar-refractivity contribution in [2.45, 2.75) is 50.0 Å². The van der Waals surface area contributed by atoms with Crippen LogP contribution in [0.2, 0.25) is 5.02 Å². The smallest absolute Gasteiger partial charge is 0.230 e. The molecule has 2 aliphatic carbocycles. The number of halogens is 2. The average molecular weight is 343 g/mol. The van der Waals surface area contributed by atoms with Crippen LogP contribution < -0.4 is 11.1 Å². The van der Waals surface area contributed by atoms with E-state index >= 15 is 0 Å². The first-order valence-corrected chi connectivity index (χ1v) is 8.30. The molecule has 22 heavy (non-hydrogen) atoms. The van der Waals surface area contributed by atoms with Crippen LogP contribution >= 0.6 is 24.0 Å². The van der Waals surface area contributed by atoms with Gasteiger partial charge in [-0.25, -0.2) is 0 Å². The molecule has 0 aromatic heterocycles. The third-order valence-corrected chi connectivity index (χ3v) is 5.30. The fourth-order valence-corrected chi connectivity index (χ4v) is 3.69. The molecule has 0 spiro atoms. The maximum Gasteiger partial charge on any atom is 0.230 e. The fraction of sp³-hybridized carbons (Fsp3) is 0.588. The van der Waals surface area contributed by atoms with E-state index < -0.39 is 0 Å². The van der Waals surface area contributed by atoms with Crippen molar-refractivity contribution in [2.75, 3.05) is 6.54 Å². The Morgan fingerprint density at radius 2 is 1.86 bits per heavy atom. The maximum atomic E-state index is 13.0. The molecular formula is C17H24Cl2N2O. The second kappa shape index (κ2) is 7.20. The number of benzene rings is 1. The number of nitrogens with one attached hydrogen (secondary N) is 1. The molecule has 3 N–H and O–H groups in total. The Hall–Kier alpha value is -0.770. The van der Waals surface area contributed by atoms with Crippen LogP contribution in [-0.4, -0.2) is 18.5 Å². The van der Waals surface area contributed by atoms with Crippen LogP contribution in [0.5, 0.6) is 0 Å². The zero-order valence-electron chi connectivity index (χ0n) is 12.7. The number of hydrogen-bond donors (Lipinski definition) is 2. The second-order valence-corrected chi connectivity index (χ2v) is 6.89. The van der Waals surface area contributed by atoms with Gasteiger partial charge in [0, 0.05) is 17.6 Å². The van der Waals surface area contributed by atoms with Gasteiger partial charge in [-0.1, -0.05) is 36.6 Å². The summed E-state index contributed by atoms with van der Waals surface area (Å²) in [6.07, 6.45) is 6.43. The van der Waals surface area contributed by atoms with E-state index in [-0.39, 0.29) is 29.8 Å².